The Balaban J connectivity index is 1.76. The van der Waals surface area contributed by atoms with Gasteiger partial charge in [0.05, 0.1) is 6.54 Å². The van der Waals surface area contributed by atoms with Gasteiger partial charge in [0.1, 0.15) is 5.69 Å². The van der Waals surface area contributed by atoms with E-state index in [9.17, 15) is 9.59 Å². The third kappa shape index (κ3) is 5.38. The first kappa shape index (κ1) is 17.0. The lowest BCUT2D eigenvalue weighted by molar-refractivity contribution is -0.120. The van der Waals surface area contributed by atoms with E-state index >= 15 is 0 Å². The Kier molecular flexibility index (Phi) is 6.11. The Bertz CT molecular complexity index is 677. The molecule has 23 heavy (non-hydrogen) atoms. The van der Waals surface area contributed by atoms with Crippen LogP contribution in [0.4, 0.5) is 0 Å². The number of amides is 2. The summed E-state index contributed by atoms with van der Waals surface area (Å²) in [6, 6.07) is 12.9. The maximum atomic E-state index is 11.8. The van der Waals surface area contributed by atoms with Crippen molar-refractivity contribution in [2.75, 3.05) is 13.1 Å². The number of pyridine rings is 1. The van der Waals surface area contributed by atoms with Crippen LogP contribution in [0.1, 0.15) is 28.9 Å². The van der Waals surface area contributed by atoms with Gasteiger partial charge in [-0.2, -0.15) is 0 Å². The van der Waals surface area contributed by atoms with E-state index in [1.54, 1.807) is 6.07 Å². The summed E-state index contributed by atoms with van der Waals surface area (Å²) >= 11 is 5.80. The lowest BCUT2D eigenvalue weighted by Crippen LogP contribution is -2.38. The molecule has 1 atom stereocenters. The quantitative estimate of drug-likeness (QED) is 0.853. The number of benzene rings is 1. The van der Waals surface area contributed by atoms with Crippen molar-refractivity contribution in [2.24, 2.45) is 0 Å². The van der Waals surface area contributed by atoms with Crippen molar-refractivity contribution in [3.63, 3.8) is 0 Å². The summed E-state index contributed by atoms with van der Waals surface area (Å²) < 4.78 is 0. The van der Waals surface area contributed by atoms with Gasteiger partial charge in [-0.1, -0.05) is 48.9 Å². The van der Waals surface area contributed by atoms with Crippen LogP contribution in [-0.2, 0) is 4.79 Å². The zero-order valence-corrected chi connectivity index (χ0v) is 13.5. The second-order valence-corrected chi connectivity index (χ2v) is 5.59. The average Bonchev–Trinajstić information content (AvgIpc) is 2.58. The van der Waals surface area contributed by atoms with Gasteiger partial charge in [-0.15, -0.1) is 0 Å². The SMILES string of the molecule is C[C@H](CNC(=O)CNC(=O)c1cc(Cl)ccn1)c1ccccc1. The highest BCUT2D eigenvalue weighted by atomic mass is 35.5. The van der Waals surface area contributed by atoms with Crippen molar-refractivity contribution >= 4 is 23.4 Å². The predicted molar refractivity (Wildman–Crippen MR) is 89.4 cm³/mol. The van der Waals surface area contributed by atoms with Crippen LogP contribution in [0.3, 0.4) is 0 Å². The van der Waals surface area contributed by atoms with Gasteiger partial charge in [-0.3, -0.25) is 14.6 Å². The first-order valence-electron chi connectivity index (χ1n) is 7.27. The molecule has 0 saturated carbocycles. The topological polar surface area (TPSA) is 71.1 Å². The molecule has 0 aliphatic carbocycles. The van der Waals surface area contributed by atoms with E-state index in [0.29, 0.717) is 11.6 Å². The largest absolute Gasteiger partial charge is 0.354 e. The van der Waals surface area contributed by atoms with E-state index < -0.39 is 5.91 Å². The van der Waals surface area contributed by atoms with Crippen molar-refractivity contribution in [1.82, 2.24) is 15.6 Å². The molecule has 120 valence electrons. The van der Waals surface area contributed by atoms with Crippen LogP contribution in [0, 0.1) is 0 Å². The Morgan fingerprint density at radius 2 is 1.91 bits per heavy atom. The number of halogens is 1. The Morgan fingerprint density at radius 3 is 2.61 bits per heavy atom. The Hall–Kier alpha value is -2.40. The number of nitrogens with zero attached hydrogens (tertiary/aromatic N) is 1. The fraction of sp³-hybridized carbons (Fsp3) is 0.235. The van der Waals surface area contributed by atoms with Gasteiger partial charge in [-0.05, 0) is 23.6 Å². The fourth-order valence-electron chi connectivity index (χ4n) is 2.01. The lowest BCUT2D eigenvalue weighted by Gasteiger charge is -2.13. The highest BCUT2D eigenvalue weighted by Crippen LogP contribution is 2.12. The summed E-state index contributed by atoms with van der Waals surface area (Å²) in [5.74, 6) is -0.479. The minimum Gasteiger partial charge on any atom is -0.354 e. The van der Waals surface area contributed by atoms with E-state index in [-0.39, 0.29) is 24.1 Å². The molecule has 0 saturated heterocycles. The van der Waals surface area contributed by atoms with E-state index in [0.717, 1.165) is 5.56 Å². The summed E-state index contributed by atoms with van der Waals surface area (Å²) in [5, 5.41) is 5.74. The van der Waals surface area contributed by atoms with Crippen molar-refractivity contribution < 1.29 is 9.59 Å². The van der Waals surface area contributed by atoms with Crippen molar-refractivity contribution in [2.45, 2.75) is 12.8 Å². The van der Waals surface area contributed by atoms with Gasteiger partial charge in [-0.25, -0.2) is 0 Å². The molecular weight excluding hydrogens is 314 g/mol. The van der Waals surface area contributed by atoms with Gasteiger partial charge in [0.15, 0.2) is 0 Å². The van der Waals surface area contributed by atoms with E-state index in [4.69, 9.17) is 11.6 Å². The Labute approximate surface area is 140 Å². The van der Waals surface area contributed by atoms with Crippen molar-refractivity contribution in [3.05, 3.63) is 64.9 Å². The molecule has 0 aliphatic heterocycles. The second-order valence-electron chi connectivity index (χ2n) is 5.16. The van der Waals surface area contributed by atoms with Crippen LogP contribution >= 0.6 is 11.6 Å². The van der Waals surface area contributed by atoms with Crippen LogP contribution in [0.5, 0.6) is 0 Å². The monoisotopic (exact) mass is 331 g/mol. The molecule has 0 aliphatic rings. The normalized spacial score (nSPS) is 11.6. The van der Waals surface area contributed by atoms with Crippen molar-refractivity contribution in [3.8, 4) is 0 Å². The molecule has 0 unspecified atom stereocenters. The smallest absolute Gasteiger partial charge is 0.270 e. The summed E-state index contributed by atoms with van der Waals surface area (Å²) in [6.45, 7) is 2.44. The molecule has 5 nitrogen and oxygen atoms in total. The van der Waals surface area contributed by atoms with Crippen molar-refractivity contribution in [1.29, 1.82) is 0 Å². The van der Waals surface area contributed by atoms with Gasteiger partial charge < -0.3 is 10.6 Å². The van der Waals surface area contributed by atoms with Crippen LogP contribution < -0.4 is 10.6 Å². The first-order valence-corrected chi connectivity index (χ1v) is 7.65. The van der Waals surface area contributed by atoms with Gasteiger partial charge in [0.2, 0.25) is 5.91 Å². The number of carbonyl (C=O) groups excluding carboxylic acids is 2. The summed E-state index contributed by atoms with van der Waals surface area (Å²) in [4.78, 5) is 27.6. The molecule has 2 amide bonds. The van der Waals surface area contributed by atoms with Gasteiger partial charge in [0.25, 0.3) is 5.91 Å². The summed E-state index contributed by atoms with van der Waals surface area (Å²) in [6.07, 6.45) is 1.44. The molecule has 1 heterocycles. The molecule has 2 rings (SSSR count). The zero-order chi connectivity index (χ0) is 16.7. The highest BCUT2D eigenvalue weighted by Gasteiger charge is 2.11. The van der Waals surface area contributed by atoms with Crippen LogP contribution in [-0.4, -0.2) is 29.9 Å². The first-order chi connectivity index (χ1) is 11.1. The molecule has 0 fully saturated rings. The number of hydrogen-bond acceptors (Lipinski definition) is 3. The molecular formula is C17H18ClN3O2. The zero-order valence-electron chi connectivity index (χ0n) is 12.8. The van der Waals surface area contributed by atoms with Gasteiger partial charge in [0, 0.05) is 17.8 Å². The fourth-order valence-corrected chi connectivity index (χ4v) is 2.17. The summed E-state index contributed by atoms with van der Waals surface area (Å²) in [5.41, 5.74) is 1.34. The summed E-state index contributed by atoms with van der Waals surface area (Å²) in [7, 11) is 0. The molecule has 1 aromatic heterocycles. The van der Waals surface area contributed by atoms with Crippen LogP contribution in [0.15, 0.2) is 48.7 Å². The molecule has 0 spiro atoms. The average molecular weight is 332 g/mol. The maximum absolute atomic E-state index is 11.8. The number of hydrogen-bond donors (Lipinski definition) is 2. The van der Waals surface area contributed by atoms with E-state index in [2.05, 4.69) is 15.6 Å². The highest BCUT2D eigenvalue weighted by molar-refractivity contribution is 6.30. The molecule has 0 radical (unpaired) electrons. The third-order valence-electron chi connectivity index (χ3n) is 3.34. The molecule has 2 N–H and O–H groups in total. The Morgan fingerprint density at radius 1 is 1.17 bits per heavy atom. The lowest BCUT2D eigenvalue weighted by atomic mass is 10.0. The third-order valence-corrected chi connectivity index (χ3v) is 3.57. The second kappa shape index (κ2) is 8.29. The minimum absolute atomic E-state index is 0.103. The van der Waals surface area contributed by atoms with Crippen LogP contribution in [0.2, 0.25) is 5.02 Å². The number of nitrogens with one attached hydrogen (secondary N) is 2. The number of aromatic nitrogens is 1. The number of rotatable bonds is 6. The standard InChI is InChI=1S/C17H18ClN3O2/c1-12(13-5-3-2-4-6-13)10-20-16(22)11-21-17(23)15-9-14(18)7-8-19-15/h2-9,12H,10-11H2,1H3,(H,20,22)(H,21,23)/t12-/m1/s1. The molecule has 1 aromatic carbocycles. The minimum atomic E-state index is -0.432. The number of carbonyl (C=O) groups is 2. The predicted octanol–water partition coefficient (Wildman–Crippen LogP) is 2.38. The molecule has 2 aromatic rings. The van der Waals surface area contributed by atoms with E-state index in [1.165, 1.54) is 12.3 Å². The molecule has 6 heteroatoms. The van der Waals surface area contributed by atoms with Crippen LogP contribution in [0.25, 0.3) is 0 Å². The maximum Gasteiger partial charge on any atom is 0.270 e. The van der Waals surface area contributed by atoms with E-state index in [1.807, 2.05) is 37.3 Å². The molecule has 0 bridgehead atoms. The van der Waals surface area contributed by atoms with Gasteiger partial charge >= 0.3 is 0 Å².